The zero-order valence-electron chi connectivity index (χ0n) is 17.5. The van der Waals surface area contributed by atoms with E-state index in [1.165, 1.54) is 49.9 Å². The molecule has 0 radical (unpaired) electrons. The van der Waals surface area contributed by atoms with E-state index in [4.69, 9.17) is 0 Å². The second-order valence-corrected chi connectivity index (χ2v) is 8.08. The molecule has 5 nitrogen and oxygen atoms in total. The maximum atomic E-state index is 12.8. The first-order valence-electron chi connectivity index (χ1n) is 10.9. The molecule has 0 unspecified atom stereocenters. The zero-order chi connectivity index (χ0) is 20.6. The summed E-state index contributed by atoms with van der Waals surface area (Å²) in [5.41, 5.74) is 4.29. The van der Waals surface area contributed by atoms with Gasteiger partial charge in [-0.05, 0) is 54.8 Å². The Morgan fingerprint density at radius 1 is 0.933 bits per heavy atom. The van der Waals surface area contributed by atoms with Gasteiger partial charge in [-0.3, -0.25) is 9.69 Å². The Labute approximate surface area is 178 Å². The van der Waals surface area contributed by atoms with Gasteiger partial charge in [-0.25, -0.2) is 4.98 Å². The van der Waals surface area contributed by atoms with Gasteiger partial charge in [0.25, 0.3) is 5.91 Å². The van der Waals surface area contributed by atoms with E-state index in [-0.39, 0.29) is 5.91 Å². The molecule has 30 heavy (non-hydrogen) atoms. The van der Waals surface area contributed by atoms with Crippen LogP contribution in [0.25, 0.3) is 0 Å². The predicted molar refractivity (Wildman–Crippen MR) is 119 cm³/mol. The molecule has 2 heterocycles. The van der Waals surface area contributed by atoms with Crippen LogP contribution in [0.4, 0.5) is 0 Å². The lowest BCUT2D eigenvalue weighted by molar-refractivity contribution is 0.0950. The molecule has 1 amide bonds. The van der Waals surface area contributed by atoms with Gasteiger partial charge in [0.2, 0.25) is 0 Å². The average Bonchev–Trinajstić information content (AvgIpc) is 3.15. The summed E-state index contributed by atoms with van der Waals surface area (Å²) in [6.07, 6.45) is 10.7. The summed E-state index contributed by atoms with van der Waals surface area (Å²) < 4.78 is 2.00. The average molecular weight is 403 g/mol. The maximum Gasteiger partial charge on any atom is 0.251 e. The summed E-state index contributed by atoms with van der Waals surface area (Å²) in [6, 6.07) is 16.3. The SMILES string of the molecule is O=C(NCc1ccccc1CN1CCCCCC1)c1cccc(Cn2ccnc2)c1. The first kappa shape index (κ1) is 20.4. The fourth-order valence-corrected chi connectivity index (χ4v) is 4.10. The largest absolute Gasteiger partial charge is 0.348 e. The summed E-state index contributed by atoms with van der Waals surface area (Å²) in [4.78, 5) is 19.4. The number of carbonyl (C=O) groups is 1. The molecule has 0 saturated carbocycles. The van der Waals surface area contributed by atoms with Crippen molar-refractivity contribution in [2.75, 3.05) is 13.1 Å². The van der Waals surface area contributed by atoms with Crippen molar-refractivity contribution in [1.82, 2.24) is 19.8 Å². The third kappa shape index (κ3) is 5.57. The lowest BCUT2D eigenvalue weighted by atomic mass is 10.1. The molecule has 4 rings (SSSR count). The number of hydrogen-bond acceptors (Lipinski definition) is 3. The molecule has 1 fully saturated rings. The quantitative estimate of drug-likeness (QED) is 0.643. The van der Waals surface area contributed by atoms with E-state index in [9.17, 15) is 4.79 Å². The van der Waals surface area contributed by atoms with E-state index < -0.39 is 0 Å². The second kappa shape index (κ2) is 10.2. The molecule has 0 aliphatic carbocycles. The molecule has 1 saturated heterocycles. The van der Waals surface area contributed by atoms with Gasteiger partial charge >= 0.3 is 0 Å². The molecule has 1 N–H and O–H groups in total. The summed E-state index contributed by atoms with van der Waals surface area (Å²) >= 11 is 0. The van der Waals surface area contributed by atoms with E-state index >= 15 is 0 Å². The number of nitrogens with one attached hydrogen (secondary N) is 1. The molecule has 1 aromatic heterocycles. The van der Waals surface area contributed by atoms with Crippen molar-refractivity contribution in [2.24, 2.45) is 0 Å². The number of carbonyl (C=O) groups excluding carboxylic acids is 1. The molecule has 1 aliphatic heterocycles. The summed E-state index contributed by atoms with van der Waals surface area (Å²) in [7, 11) is 0. The first-order chi connectivity index (χ1) is 14.8. The van der Waals surface area contributed by atoms with Gasteiger partial charge in [-0.15, -0.1) is 0 Å². The molecular formula is C25H30N4O. The standard InChI is InChI=1S/C25H30N4O/c30-25(22-11-7-8-21(16-22)18-29-15-12-26-20-29)27-17-23-9-3-4-10-24(23)19-28-13-5-1-2-6-14-28/h3-4,7-12,15-16,20H,1-2,5-6,13-14,17-19H2,(H,27,30). The number of aromatic nitrogens is 2. The number of nitrogens with zero attached hydrogens (tertiary/aromatic N) is 3. The van der Waals surface area contributed by atoms with Crippen LogP contribution in [0.2, 0.25) is 0 Å². The van der Waals surface area contributed by atoms with Crippen molar-refractivity contribution in [1.29, 1.82) is 0 Å². The molecule has 0 spiro atoms. The molecule has 3 aromatic rings. The highest BCUT2D eigenvalue weighted by atomic mass is 16.1. The third-order valence-corrected chi connectivity index (χ3v) is 5.76. The zero-order valence-corrected chi connectivity index (χ0v) is 17.5. The molecule has 1 aliphatic rings. The van der Waals surface area contributed by atoms with E-state index in [0.29, 0.717) is 18.7 Å². The minimum atomic E-state index is -0.0351. The highest BCUT2D eigenvalue weighted by Crippen LogP contribution is 2.16. The van der Waals surface area contributed by atoms with Crippen molar-refractivity contribution in [2.45, 2.75) is 45.3 Å². The van der Waals surface area contributed by atoms with Gasteiger partial charge in [-0.2, -0.15) is 0 Å². The molecule has 156 valence electrons. The van der Waals surface area contributed by atoms with Crippen LogP contribution in [0, 0.1) is 0 Å². The van der Waals surface area contributed by atoms with Gasteiger partial charge in [0.05, 0.1) is 6.33 Å². The Morgan fingerprint density at radius 2 is 1.73 bits per heavy atom. The molecular weight excluding hydrogens is 372 g/mol. The van der Waals surface area contributed by atoms with Crippen LogP contribution in [-0.2, 0) is 19.6 Å². The monoisotopic (exact) mass is 402 g/mol. The first-order valence-corrected chi connectivity index (χ1v) is 10.9. The van der Waals surface area contributed by atoms with Gasteiger partial charge in [0.1, 0.15) is 0 Å². The van der Waals surface area contributed by atoms with Crippen LogP contribution in [0.15, 0.2) is 67.3 Å². The number of amides is 1. The Hall–Kier alpha value is -2.92. The van der Waals surface area contributed by atoms with Crippen LogP contribution in [-0.4, -0.2) is 33.4 Å². The summed E-state index contributed by atoms with van der Waals surface area (Å²) in [5, 5.41) is 3.11. The number of imidazole rings is 1. The number of benzene rings is 2. The molecule has 5 heteroatoms. The second-order valence-electron chi connectivity index (χ2n) is 8.08. The van der Waals surface area contributed by atoms with Crippen LogP contribution in [0.3, 0.4) is 0 Å². The smallest absolute Gasteiger partial charge is 0.251 e. The van der Waals surface area contributed by atoms with E-state index in [1.54, 1.807) is 12.5 Å². The van der Waals surface area contributed by atoms with Gasteiger partial charge in [0.15, 0.2) is 0 Å². The van der Waals surface area contributed by atoms with E-state index in [1.807, 2.05) is 35.0 Å². The topological polar surface area (TPSA) is 50.2 Å². The Kier molecular flexibility index (Phi) is 6.93. The van der Waals surface area contributed by atoms with Gasteiger partial charge < -0.3 is 9.88 Å². The Balaban J connectivity index is 1.38. The maximum absolute atomic E-state index is 12.8. The van der Waals surface area contributed by atoms with Crippen molar-refractivity contribution < 1.29 is 4.79 Å². The summed E-state index contributed by atoms with van der Waals surface area (Å²) in [6.45, 7) is 4.57. The van der Waals surface area contributed by atoms with Crippen LogP contribution in [0.5, 0.6) is 0 Å². The fourth-order valence-electron chi connectivity index (χ4n) is 4.10. The molecule has 0 bridgehead atoms. The van der Waals surface area contributed by atoms with Crippen molar-refractivity contribution in [3.8, 4) is 0 Å². The van der Waals surface area contributed by atoms with Crippen molar-refractivity contribution >= 4 is 5.91 Å². The molecule has 0 atom stereocenters. The van der Waals surface area contributed by atoms with E-state index in [2.05, 4.69) is 39.5 Å². The number of rotatable bonds is 7. The van der Waals surface area contributed by atoms with Crippen LogP contribution < -0.4 is 5.32 Å². The lowest BCUT2D eigenvalue weighted by Gasteiger charge is -2.21. The highest BCUT2D eigenvalue weighted by molar-refractivity contribution is 5.94. The van der Waals surface area contributed by atoms with Gasteiger partial charge in [0, 0.05) is 37.6 Å². The van der Waals surface area contributed by atoms with Crippen LogP contribution in [0.1, 0.15) is 52.7 Å². The highest BCUT2D eigenvalue weighted by Gasteiger charge is 2.13. The van der Waals surface area contributed by atoms with Crippen molar-refractivity contribution in [3.05, 3.63) is 89.5 Å². The fraction of sp³-hybridized carbons (Fsp3) is 0.360. The normalized spacial score (nSPS) is 14.9. The van der Waals surface area contributed by atoms with Gasteiger partial charge in [-0.1, -0.05) is 49.2 Å². The van der Waals surface area contributed by atoms with E-state index in [0.717, 1.165) is 12.1 Å². The predicted octanol–water partition coefficient (Wildman–Crippen LogP) is 4.24. The Morgan fingerprint density at radius 3 is 2.50 bits per heavy atom. The number of hydrogen-bond donors (Lipinski definition) is 1. The van der Waals surface area contributed by atoms with Crippen molar-refractivity contribution in [3.63, 3.8) is 0 Å². The molecule has 2 aromatic carbocycles. The summed E-state index contributed by atoms with van der Waals surface area (Å²) in [5.74, 6) is -0.0351. The Bertz CT molecular complexity index is 943. The minimum absolute atomic E-state index is 0.0351. The van der Waals surface area contributed by atoms with Crippen LogP contribution >= 0.6 is 0 Å². The lowest BCUT2D eigenvalue weighted by Crippen LogP contribution is -2.27. The minimum Gasteiger partial charge on any atom is -0.348 e. The third-order valence-electron chi connectivity index (χ3n) is 5.76. The number of likely N-dealkylation sites (tertiary alicyclic amines) is 1.